The van der Waals surface area contributed by atoms with E-state index in [4.69, 9.17) is 0 Å². The highest BCUT2D eigenvalue weighted by atomic mass is 15.0. The summed E-state index contributed by atoms with van der Waals surface area (Å²) in [6, 6.07) is 15.0. The van der Waals surface area contributed by atoms with Gasteiger partial charge in [0.25, 0.3) is 0 Å². The summed E-state index contributed by atoms with van der Waals surface area (Å²) in [5.41, 5.74) is 2.48. The van der Waals surface area contributed by atoms with Crippen LogP contribution in [-0.2, 0) is 0 Å². The maximum atomic E-state index is 2.18. The van der Waals surface area contributed by atoms with Crippen molar-refractivity contribution in [3.8, 4) is 0 Å². The number of hydrogen-bond donors (Lipinski definition) is 0. The van der Waals surface area contributed by atoms with Crippen LogP contribution in [0.3, 0.4) is 0 Å². The molecule has 0 saturated carbocycles. The van der Waals surface area contributed by atoms with Crippen molar-refractivity contribution in [1.82, 2.24) is 4.90 Å². The van der Waals surface area contributed by atoms with Gasteiger partial charge in [-0.2, -0.15) is 0 Å². The first kappa shape index (κ1) is 13.3. The largest absolute Gasteiger partial charge is 0.383 e. The standard InChI is InChI=1S/C17H21N2/c1-18(2)12-15(13-19(3)4)17-11-7-9-14-8-5-6-10-16(14)17/h5-13H,1-4H3/q+1. The van der Waals surface area contributed by atoms with Crippen LogP contribution < -0.4 is 0 Å². The van der Waals surface area contributed by atoms with E-state index in [-0.39, 0.29) is 0 Å². The molecule has 2 aromatic rings. The Balaban J connectivity index is 2.66. The highest BCUT2D eigenvalue weighted by molar-refractivity contribution is 6.12. The Hall–Kier alpha value is -2.09. The van der Waals surface area contributed by atoms with Gasteiger partial charge in [0.1, 0.15) is 14.1 Å². The zero-order valence-corrected chi connectivity index (χ0v) is 12.1. The van der Waals surface area contributed by atoms with Crippen LogP contribution in [0.2, 0.25) is 0 Å². The van der Waals surface area contributed by atoms with Gasteiger partial charge in [0.2, 0.25) is 0 Å². The second-order valence-electron chi connectivity index (χ2n) is 5.17. The molecule has 0 bridgehead atoms. The van der Waals surface area contributed by atoms with E-state index in [1.807, 2.05) is 0 Å². The third kappa shape index (κ3) is 3.22. The van der Waals surface area contributed by atoms with Crippen molar-refractivity contribution >= 4 is 22.6 Å². The molecule has 0 N–H and O–H groups in total. The van der Waals surface area contributed by atoms with Gasteiger partial charge in [0.05, 0.1) is 5.57 Å². The van der Waals surface area contributed by atoms with Gasteiger partial charge in [-0.15, -0.1) is 0 Å². The monoisotopic (exact) mass is 253 g/mol. The van der Waals surface area contributed by atoms with Gasteiger partial charge >= 0.3 is 0 Å². The van der Waals surface area contributed by atoms with Crippen molar-refractivity contribution in [2.24, 2.45) is 0 Å². The number of hydrogen-bond acceptors (Lipinski definition) is 1. The second-order valence-corrected chi connectivity index (χ2v) is 5.17. The zero-order chi connectivity index (χ0) is 13.8. The number of fused-ring (bicyclic) bond motifs is 1. The van der Waals surface area contributed by atoms with E-state index in [9.17, 15) is 0 Å². The molecule has 0 atom stereocenters. The lowest BCUT2D eigenvalue weighted by Crippen LogP contribution is -2.07. The van der Waals surface area contributed by atoms with Crippen molar-refractivity contribution < 1.29 is 4.58 Å². The highest BCUT2D eigenvalue weighted by Gasteiger charge is 2.07. The third-order valence-electron chi connectivity index (χ3n) is 2.90. The van der Waals surface area contributed by atoms with E-state index < -0.39 is 0 Å². The first-order chi connectivity index (χ1) is 9.08. The molecule has 2 rings (SSSR count). The molecule has 0 aromatic heterocycles. The van der Waals surface area contributed by atoms with E-state index in [0.29, 0.717) is 0 Å². The molecule has 0 unspecified atom stereocenters. The minimum Gasteiger partial charge on any atom is -0.383 e. The molecular weight excluding hydrogens is 232 g/mol. The predicted octanol–water partition coefficient (Wildman–Crippen LogP) is 3.09. The fraction of sp³-hybridized carbons (Fsp3) is 0.235. The molecular formula is C17H21N2+. The fourth-order valence-electron chi connectivity index (χ4n) is 2.21. The van der Waals surface area contributed by atoms with Gasteiger partial charge in [0, 0.05) is 20.3 Å². The summed E-state index contributed by atoms with van der Waals surface area (Å²) >= 11 is 0. The molecule has 2 nitrogen and oxygen atoms in total. The van der Waals surface area contributed by atoms with E-state index >= 15 is 0 Å². The van der Waals surface area contributed by atoms with E-state index in [0.717, 1.165) is 0 Å². The molecule has 19 heavy (non-hydrogen) atoms. The lowest BCUT2D eigenvalue weighted by Gasteiger charge is -2.10. The molecule has 0 amide bonds. The Morgan fingerprint density at radius 3 is 2.37 bits per heavy atom. The summed E-state index contributed by atoms with van der Waals surface area (Å²) in [4.78, 5) is 2.08. The van der Waals surface area contributed by atoms with Crippen LogP contribution in [0.5, 0.6) is 0 Å². The van der Waals surface area contributed by atoms with Crippen LogP contribution in [0.1, 0.15) is 5.56 Å². The topological polar surface area (TPSA) is 6.25 Å². The minimum absolute atomic E-state index is 1.21. The lowest BCUT2D eigenvalue weighted by atomic mass is 9.99. The van der Waals surface area contributed by atoms with Crippen molar-refractivity contribution in [1.29, 1.82) is 0 Å². The molecule has 98 valence electrons. The molecule has 0 aliphatic rings. The van der Waals surface area contributed by atoms with E-state index in [1.54, 1.807) is 0 Å². The SMILES string of the molecule is CN(C)/C=C(/C=[N+](C)C)c1cccc2ccccc12. The van der Waals surface area contributed by atoms with Gasteiger partial charge in [0.15, 0.2) is 6.21 Å². The van der Waals surface area contributed by atoms with Gasteiger partial charge < -0.3 is 4.90 Å². The van der Waals surface area contributed by atoms with Crippen LogP contribution in [0.15, 0.2) is 48.7 Å². The highest BCUT2D eigenvalue weighted by Crippen LogP contribution is 2.24. The number of benzene rings is 2. The molecule has 0 saturated heterocycles. The van der Waals surface area contributed by atoms with Gasteiger partial charge in [-0.3, -0.25) is 0 Å². The maximum Gasteiger partial charge on any atom is 0.172 e. The van der Waals surface area contributed by atoms with Crippen LogP contribution in [0.4, 0.5) is 0 Å². The molecule has 2 aromatic carbocycles. The van der Waals surface area contributed by atoms with Crippen LogP contribution in [0, 0.1) is 0 Å². The Kier molecular flexibility index (Phi) is 4.00. The normalized spacial score (nSPS) is 11.5. The Bertz CT molecular complexity index is 627. The van der Waals surface area contributed by atoms with Crippen molar-refractivity contribution in [3.63, 3.8) is 0 Å². The smallest absolute Gasteiger partial charge is 0.172 e. The molecule has 0 aliphatic carbocycles. The van der Waals surface area contributed by atoms with E-state index in [2.05, 4.69) is 92.5 Å². The molecule has 0 radical (unpaired) electrons. The first-order valence-corrected chi connectivity index (χ1v) is 6.45. The Labute approximate surface area is 115 Å². The number of nitrogens with zero attached hydrogens (tertiary/aromatic N) is 2. The fourth-order valence-corrected chi connectivity index (χ4v) is 2.21. The molecule has 0 fully saturated rings. The van der Waals surface area contributed by atoms with Crippen molar-refractivity contribution in [2.75, 3.05) is 28.2 Å². The number of rotatable bonds is 3. The second kappa shape index (κ2) is 5.70. The predicted molar refractivity (Wildman–Crippen MR) is 83.8 cm³/mol. The van der Waals surface area contributed by atoms with Crippen molar-refractivity contribution in [3.05, 3.63) is 54.2 Å². The number of allylic oxidation sites excluding steroid dienone is 1. The Morgan fingerprint density at radius 1 is 1.00 bits per heavy atom. The zero-order valence-electron chi connectivity index (χ0n) is 12.1. The third-order valence-corrected chi connectivity index (χ3v) is 2.90. The van der Waals surface area contributed by atoms with Gasteiger partial charge in [-0.25, -0.2) is 4.58 Å². The summed E-state index contributed by atoms with van der Waals surface area (Å²) < 4.78 is 2.08. The maximum absolute atomic E-state index is 2.18. The summed E-state index contributed by atoms with van der Waals surface area (Å²) in [5.74, 6) is 0. The van der Waals surface area contributed by atoms with Crippen molar-refractivity contribution in [2.45, 2.75) is 0 Å². The van der Waals surface area contributed by atoms with Gasteiger partial charge in [-0.1, -0.05) is 42.5 Å². The molecule has 0 aliphatic heterocycles. The summed E-state index contributed by atoms with van der Waals surface area (Å²) in [7, 11) is 8.20. The van der Waals surface area contributed by atoms with Crippen LogP contribution in [-0.4, -0.2) is 43.9 Å². The van der Waals surface area contributed by atoms with Crippen LogP contribution >= 0.6 is 0 Å². The minimum atomic E-state index is 1.21. The summed E-state index contributed by atoms with van der Waals surface area (Å²) in [5, 5.41) is 2.56. The average Bonchev–Trinajstić information content (AvgIpc) is 2.36. The molecule has 2 heteroatoms. The first-order valence-electron chi connectivity index (χ1n) is 6.45. The van der Waals surface area contributed by atoms with Crippen LogP contribution in [0.25, 0.3) is 16.3 Å². The quantitative estimate of drug-likeness (QED) is 0.602. The average molecular weight is 253 g/mol. The molecule has 0 spiro atoms. The summed E-state index contributed by atoms with van der Waals surface area (Å²) in [6.45, 7) is 0. The Morgan fingerprint density at radius 2 is 1.68 bits per heavy atom. The van der Waals surface area contributed by atoms with Gasteiger partial charge in [-0.05, 0) is 16.3 Å². The summed E-state index contributed by atoms with van der Waals surface area (Å²) in [6.07, 6.45) is 4.31. The molecule has 0 heterocycles. The lowest BCUT2D eigenvalue weighted by molar-refractivity contribution is -0.458. The van der Waals surface area contributed by atoms with E-state index in [1.165, 1.54) is 21.9 Å².